The first-order valence-corrected chi connectivity index (χ1v) is 7.36. The Balaban J connectivity index is 2.27. The summed E-state index contributed by atoms with van der Waals surface area (Å²) in [5.41, 5.74) is 5.99. The molecule has 1 aliphatic heterocycles. The lowest BCUT2D eigenvalue weighted by molar-refractivity contribution is -0.126. The molecule has 1 saturated heterocycles. The van der Waals surface area contributed by atoms with Gasteiger partial charge >= 0.3 is 6.03 Å². The minimum Gasteiger partial charge on any atom is -0.351 e. The van der Waals surface area contributed by atoms with Gasteiger partial charge in [-0.2, -0.15) is 0 Å². The fraction of sp³-hybridized carbons (Fsp3) is 0.500. The molecule has 3 amide bonds. The molecule has 1 aromatic carbocycles. The summed E-state index contributed by atoms with van der Waals surface area (Å²) in [6.07, 6.45) is 1.16. The van der Waals surface area contributed by atoms with E-state index in [9.17, 15) is 9.59 Å². The Morgan fingerprint density at radius 2 is 1.76 bits per heavy atom. The van der Waals surface area contributed by atoms with E-state index >= 15 is 0 Å². The molecule has 1 heterocycles. The number of rotatable bonds is 3. The Morgan fingerprint density at radius 3 is 2.29 bits per heavy atom. The van der Waals surface area contributed by atoms with Crippen LogP contribution in [0.1, 0.15) is 31.9 Å². The second-order valence-corrected chi connectivity index (χ2v) is 6.07. The number of imide groups is 1. The molecule has 3 N–H and O–H groups in total. The first kappa shape index (κ1) is 15.5. The average Bonchev–Trinajstić information content (AvgIpc) is 2.38. The number of hydrogen-bond donors (Lipinski definition) is 2. The summed E-state index contributed by atoms with van der Waals surface area (Å²) < 4.78 is 0. The highest BCUT2D eigenvalue weighted by molar-refractivity contribution is 5.96. The molecule has 1 aromatic rings. The van der Waals surface area contributed by atoms with Crippen molar-refractivity contribution in [2.75, 3.05) is 13.1 Å². The maximum Gasteiger partial charge on any atom is 0.318 e. The molecular weight excluding hydrogens is 266 g/mol. The first-order chi connectivity index (χ1) is 9.97. The van der Waals surface area contributed by atoms with E-state index in [0.717, 1.165) is 25.1 Å². The zero-order valence-electron chi connectivity index (χ0n) is 12.6. The van der Waals surface area contributed by atoms with Gasteiger partial charge in [-0.15, -0.1) is 0 Å². The zero-order valence-corrected chi connectivity index (χ0v) is 12.6. The van der Waals surface area contributed by atoms with Crippen molar-refractivity contribution in [2.24, 2.45) is 17.6 Å². The van der Waals surface area contributed by atoms with Crippen LogP contribution in [0.4, 0.5) is 4.79 Å². The quantitative estimate of drug-likeness (QED) is 0.892. The Labute approximate surface area is 125 Å². The van der Waals surface area contributed by atoms with E-state index in [4.69, 9.17) is 5.73 Å². The molecule has 21 heavy (non-hydrogen) atoms. The number of primary amides is 1. The molecule has 0 aliphatic carbocycles. The van der Waals surface area contributed by atoms with Crippen LogP contribution < -0.4 is 11.1 Å². The predicted octanol–water partition coefficient (Wildman–Crippen LogP) is 1.90. The van der Waals surface area contributed by atoms with E-state index in [0.29, 0.717) is 11.8 Å². The van der Waals surface area contributed by atoms with Gasteiger partial charge in [0.15, 0.2) is 0 Å². The lowest BCUT2D eigenvalue weighted by Crippen LogP contribution is -2.49. The lowest BCUT2D eigenvalue weighted by Gasteiger charge is -2.39. The van der Waals surface area contributed by atoms with Gasteiger partial charge < -0.3 is 5.73 Å². The minimum absolute atomic E-state index is 0.352. The summed E-state index contributed by atoms with van der Waals surface area (Å²) in [7, 11) is 0. The normalized spacial score (nSPS) is 24.3. The van der Waals surface area contributed by atoms with Gasteiger partial charge in [-0.05, 0) is 23.8 Å². The van der Waals surface area contributed by atoms with Crippen molar-refractivity contribution in [1.29, 1.82) is 0 Å². The number of likely N-dealkylation sites (tertiary alicyclic amines) is 1. The van der Waals surface area contributed by atoms with Crippen molar-refractivity contribution in [1.82, 2.24) is 10.2 Å². The van der Waals surface area contributed by atoms with Crippen LogP contribution in [0, 0.1) is 11.8 Å². The van der Waals surface area contributed by atoms with Crippen LogP contribution in [0.25, 0.3) is 0 Å². The summed E-state index contributed by atoms with van der Waals surface area (Å²) >= 11 is 0. The van der Waals surface area contributed by atoms with Gasteiger partial charge in [0.2, 0.25) is 5.91 Å². The second kappa shape index (κ2) is 6.72. The van der Waals surface area contributed by atoms with E-state index < -0.39 is 12.1 Å². The van der Waals surface area contributed by atoms with Crippen LogP contribution in [0.3, 0.4) is 0 Å². The molecule has 5 heteroatoms. The van der Waals surface area contributed by atoms with Gasteiger partial charge in [0, 0.05) is 13.1 Å². The summed E-state index contributed by atoms with van der Waals surface area (Å²) in [6, 6.07) is 8.26. The van der Waals surface area contributed by atoms with Crippen LogP contribution in [0.2, 0.25) is 0 Å². The summed E-state index contributed by atoms with van der Waals surface area (Å²) in [6.45, 7) is 6.07. The largest absolute Gasteiger partial charge is 0.351 e. The number of carbonyl (C=O) groups excluding carboxylic acids is 2. The molecule has 114 valence electrons. The molecule has 0 bridgehead atoms. The number of benzene rings is 1. The van der Waals surface area contributed by atoms with Crippen molar-refractivity contribution < 1.29 is 9.59 Å². The summed E-state index contributed by atoms with van der Waals surface area (Å²) in [5, 5.41) is 2.23. The average molecular weight is 289 g/mol. The van der Waals surface area contributed by atoms with Gasteiger partial charge in [0.1, 0.15) is 6.04 Å². The zero-order chi connectivity index (χ0) is 15.4. The van der Waals surface area contributed by atoms with Crippen LogP contribution >= 0.6 is 0 Å². The van der Waals surface area contributed by atoms with Crippen LogP contribution in [-0.2, 0) is 4.79 Å². The van der Waals surface area contributed by atoms with E-state index in [1.165, 1.54) is 0 Å². The maximum atomic E-state index is 12.4. The maximum absolute atomic E-state index is 12.4. The SMILES string of the molecule is C[C@@H]1C[C@H](C)CN([C@@H](C(=O)NC(N)=O)c2ccccc2)C1. The highest BCUT2D eigenvalue weighted by atomic mass is 16.2. The molecule has 3 atom stereocenters. The molecule has 1 fully saturated rings. The Morgan fingerprint density at radius 1 is 1.19 bits per heavy atom. The number of urea groups is 1. The van der Waals surface area contributed by atoms with Crippen molar-refractivity contribution in [3.63, 3.8) is 0 Å². The van der Waals surface area contributed by atoms with E-state index in [2.05, 4.69) is 24.1 Å². The van der Waals surface area contributed by atoms with Gasteiger partial charge in [-0.1, -0.05) is 44.2 Å². The number of nitrogens with zero attached hydrogens (tertiary/aromatic N) is 1. The number of amides is 3. The highest BCUT2D eigenvalue weighted by Crippen LogP contribution is 2.29. The molecule has 0 saturated carbocycles. The third-order valence-corrected chi connectivity index (χ3v) is 3.87. The van der Waals surface area contributed by atoms with E-state index in [-0.39, 0.29) is 5.91 Å². The molecular formula is C16H23N3O2. The van der Waals surface area contributed by atoms with Crippen molar-refractivity contribution in [3.05, 3.63) is 35.9 Å². The molecule has 0 spiro atoms. The van der Waals surface area contributed by atoms with Gasteiger partial charge in [0.25, 0.3) is 0 Å². The summed E-state index contributed by atoms with van der Waals surface area (Å²) in [5.74, 6) is 0.706. The fourth-order valence-corrected chi connectivity index (χ4v) is 3.28. The number of nitrogens with two attached hydrogens (primary N) is 1. The van der Waals surface area contributed by atoms with Crippen molar-refractivity contribution >= 4 is 11.9 Å². The van der Waals surface area contributed by atoms with Crippen LogP contribution in [0.5, 0.6) is 0 Å². The number of hydrogen-bond acceptors (Lipinski definition) is 3. The first-order valence-electron chi connectivity index (χ1n) is 7.36. The fourth-order valence-electron chi connectivity index (χ4n) is 3.28. The Kier molecular flexibility index (Phi) is 4.96. The molecule has 1 aliphatic rings. The predicted molar refractivity (Wildman–Crippen MR) is 81.4 cm³/mol. The lowest BCUT2D eigenvalue weighted by atomic mass is 9.89. The number of carbonyl (C=O) groups is 2. The van der Waals surface area contributed by atoms with Gasteiger partial charge in [0.05, 0.1) is 0 Å². The standard InChI is InChI=1S/C16H23N3O2/c1-11-8-12(2)10-19(9-11)14(15(20)18-16(17)21)13-6-4-3-5-7-13/h3-7,11-12,14H,8-10H2,1-2H3,(H3,17,18,20,21)/t11-,12+,14-/m1/s1. The molecule has 5 nitrogen and oxygen atoms in total. The molecule has 0 aromatic heterocycles. The molecule has 2 rings (SSSR count). The molecule has 0 radical (unpaired) electrons. The molecule has 0 unspecified atom stereocenters. The monoisotopic (exact) mass is 289 g/mol. The van der Waals surface area contributed by atoms with E-state index in [1.807, 2.05) is 30.3 Å². The number of nitrogens with one attached hydrogen (secondary N) is 1. The Bertz CT molecular complexity index is 494. The highest BCUT2D eigenvalue weighted by Gasteiger charge is 2.33. The van der Waals surface area contributed by atoms with Crippen molar-refractivity contribution in [3.8, 4) is 0 Å². The number of piperidine rings is 1. The second-order valence-electron chi connectivity index (χ2n) is 6.07. The van der Waals surface area contributed by atoms with Crippen molar-refractivity contribution in [2.45, 2.75) is 26.3 Å². The van der Waals surface area contributed by atoms with Crippen LogP contribution in [0.15, 0.2) is 30.3 Å². The Hall–Kier alpha value is -1.88. The van der Waals surface area contributed by atoms with Gasteiger partial charge in [-0.25, -0.2) is 4.79 Å². The topological polar surface area (TPSA) is 75.4 Å². The minimum atomic E-state index is -0.806. The summed E-state index contributed by atoms with van der Waals surface area (Å²) in [4.78, 5) is 25.6. The smallest absolute Gasteiger partial charge is 0.318 e. The van der Waals surface area contributed by atoms with Gasteiger partial charge in [-0.3, -0.25) is 15.0 Å². The van der Waals surface area contributed by atoms with E-state index in [1.54, 1.807) is 0 Å². The van der Waals surface area contributed by atoms with Crippen LogP contribution in [-0.4, -0.2) is 29.9 Å². The third-order valence-electron chi connectivity index (χ3n) is 3.87. The third kappa shape index (κ3) is 4.04.